The Hall–Kier alpha value is -1.87. The van der Waals surface area contributed by atoms with Gasteiger partial charge in [0.25, 0.3) is 0 Å². The first-order valence-corrected chi connectivity index (χ1v) is 8.01. The molecule has 0 aliphatic carbocycles. The van der Waals surface area contributed by atoms with Crippen molar-refractivity contribution in [2.24, 2.45) is 0 Å². The topological polar surface area (TPSA) is 26.3 Å². The van der Waals surface area contributed by atoms with E-state index >= 15 is 0 Å². The molecule has 0 aromatic heterocycles. The molecule has 0 saturated heterocycles. The van der Waals surface area contributed by atoms with Gasteiger partial charge in [-0.2, -0.15) is 0 Å². The molecular weight excluding hydrogens is 340 g/mol. The summed E-state index contributed by atoms with van der Waals surface area (Å²) in [6.45, 7) is 6.13. The van der Waals surface area contributed by atoms with Gasteiger partial charge in [0, 0.05) is 10.5 Å². The van der Waals surface area contributed by atoms with Crippen LogP contribution in [0.1, 0.15) is 36.5 Å². The first-order valence-electron chi connectivity index (χ1n) is 7.22. The molecule has 0 aliphatic rings. The van der Waals surface area contributed by atoms with Crippen LogP contribution in [0.4, 0.5) is 0 Å². The van der Waals surface area contributed by atoms with Gasteiger partial charge < -0.3 is 4.74 Å². The van der Waals surface area contributed by atoms with Gasteiger partial charge in [-0.25, -0.2) is 4.79 Å². The zero-order valence-electron chi connectivity index (χ0n) is 13.0. The Morgan fingerprint density at radius 2 is 1.86 bits per heavy atom. The Bertz CT molecular complexity index is 688. The SMILES string of the molecule is Cc1cc(OC(=O)/C=C/c2ccccc2)c(C(C)C)cc1Br. The molecule has 2 rings (SSSR count). The maximum atomic E-state index is 12.0. The quantitative estimate of drug-likeness (QED) is 0.409. The number of hydrogen-bond acceptors (Lipinski definition) is 2. The molecule has 0 atom stereocenters. The molecule has 3 heteroatoms. The Kier molecular flexibility index (Phi) is 5.56. The van der Waals surface area contributed by atoms with Gasteiger partial charge in [-0.1, -0.05) is 60.1 Å². The third-order valence-electron chi connectivity index (χ3n) is 3.34. The van der Waals surface area contributed by atoms with Crippen LogP contribution in [0.5, 0.6) is 5.75 Å². The Labute approximate surface area is 139 Å². The minimum Gasteiger partial charge on any atom is -0.423 e. The van der Waals surface area contributed by atoms with E-state index in [2.05, 4.69) is 29.8 Å². The Balaban J connectivity index is 2.18. The molecule has 0 radical (unpaired) electrons. The highest BCUT2D eigenvalue weighted by molar-refractivity contribution is 9.10. The summed E-state index contributed by atoms with van der Waals surface area (Å²) in [7, 11) is 0. The summed E-state index contributed by atoms with van der Waals surface area (Å²) in [5, 5.41) is 0. The molecular formula is C19H19BrO2. The van der Waals surface area contributed by atoms with Crippen molar-refractivity contribution in [2.75, 3.05) is 0 Å². The number of ether oxygens (including phenoxy) is 1. The van der Waals surface area contributed by atoms with Crippen LogP contribution < -0.4 is 4.74 Å². The third-order valence-corrected chi connectivity index (χ3v) is 4.19. The zero-order valence-corrected chi connectivity index (χ0v) is 14.6. The molecule has 0 heterocycles. The summed E-state index contributed by atoms with van der Waals surface area (Å²) in [5.74, 6) is 0.531. The van der Waals surface area contributed by atoms with Gasteiger partial charge in [0.15, 0.2) is 0 Å². The van der Waals surface area contributed by atoms with Crippen molar-refractivity contribution in [1.29, 1.82) is 0 Å². The summed E-state index contributed by atoms with van der Waals surface area (Å²) < 4.78 is 6.54. The zero-order chi connectivity index (χ0) is 16.1. The highest BCUT2D eigenvalue weighted by atomic mass is 79.9. The second-order valence-corrected chi connectivity index (χ2v) is 6.31. The predicted octanol–water partition coefficient (Wildman–Crippen LogP) is 5.50. The molecule has 2 aromatic carbocycles. The molecule has 0 N–H and O–H groups in total. The number of carbonyl (C=O) groups is 1. The fourth-order valence-corrected chi connectivity index (χ4v) is 2.44. The van der Waals surface area contributed by atoms with E-state index in [1.807, 2.05) is 49.4 Å². The van der Waals surface area contributed by atoms with Crippen LogP contribution in [0, 0.1) is 6.92 Å². The number of halogens is 1. The molecule has 0 aliphatic heterocycles. The summed E-state index contributed by atoms with van der Waals surface area (Å²) in [4.78, 5) is 12.0. The maximum Gasteiger partial charge on any atom is 0.336 e. The van der Waals surface area contributed by atoms with Crippen LogP contribution in [-0.2, 0) is 4.79 Å². The monoisotopic (exact) mass is 358 g/mol. The average Bonchev–Trinajstić information content (AvgIpc) is 2.49. The Morgan fingerprint density at radius 3 is 2.50 bits per heavy atom. The van der Waals surface area contributed by atoms with Gasteiger partial charge in [-0.15, -0.1) is 0 Å². The first-order chi connectivity index (χ1) is 10.5. The first kappa shape index (κ1) is 16.5. The molecule has 0 saturated carbocycles. The van der Waals surface area contributed by atoms with E-state index in [1.54, 1.807) is 6.08 Å². The molecule has 0 unspecified atom stereocenters. The predicted molar refractivity (Wildman–Crippen MR) is 94.1 cm³/mol. The third kappa shape index (κ3) is 4.31. The number of aryl methyl sites for hydroxylation is 1. The van der Waals surface area contributed by atoms with E-state index in [9.17, 15) is 4.79 Å². The molecule has 22 heavy (non-hydrogen) atoms. The van der Waals surface area contributed by atoms with Gasteiger partial charge in [0.2, 0.25) is 0 Å². The van der Waals surface area contributed by atoms with Crippen molar-refractivity contribution in [3.8, 4) is 5.75 Å². The van der Waals surface area contributed by atoms with Crippen molar-refractivity contribution in [1.82, 2.24) is 0 Å². The average molecular weight is 359 g/mol. The highest BCUT2D eigenvalue weighted by Crippen LogP contribution is 2.32. The lowest BCUT2D eigenvalue weighted by atomic mass is 10.0. The molecule has 2 nitrogen and oxygen atoms in total. The Morgan fingerprint density at radius 1 is 1.18 bits per heavy atom. The van der Waals surface area contributed by atoms with Gasteiger partial charge in [-0.05, 0) is 47.7 Å². The number of rotatable bonds is 4. The smallest absolute Gasteiger partial charge is 0.336 e. The summed E-state index contributed by atoms with van der Waals surface area (Å²) in [6, 6.07) is 13.6. The number of benzene rings is 2. The largest absolute Gasteiger partial charge is 0.423 e. The van der Waals surface area contributed by atoms with Crippen LogP contribution in [-0.4, -0.2) is 5.97 Å². The minimum atomic E-state index is -0.368. The normalized spacial score (nSPS) is 11.1. The molecule has 0 fully saturated rings. The van der Waals surface area contributed by atoms with Gasteiger partial charge in [0.05, 0.1) is 0 Å². The molecule has 0 amide bonds. The van der Waals surface area contributed by atoms with E-state index in [-0.39, 0.29) is 11.9 Å². The fourth-order valence-electron chi connectivity index (χ4n) is 2.08. The van der Waals surface area contributed by atoms with Crippen LogP contribution in [0.3, 0.4) is 0 Å². The summed E-state index contributed by atoms with van der Waals surface area (Å²) >= 11 is 3.52. The van der Waals surface area contributed by atoms with Crippen molar-refractivity contribution in [3.05, 3.63) is 69.7 Å². The molecule has 0 spiro atoms. The lowest BCUT2D eigenvalue weighted by Gasteiger charge is -2.14. The second-order valence-electron chi connectivity index (χ2n) is 5.46. The van der Waals surface area contributed by atoms with E-state index in [1.165, 1.54) is 6.08 Å². The summed E-state index contributed by atoms with van der Waals surface area (Å²) in [5.41, 5.74) is 3.02. The van der Waals surface area contributed by atoms with Crippen molar-refractivity contribution in [3.63, 3.8) is 0 Å². The van der Waals surface area contributed by atoms with Crippen molar-refractivity contribution >= 4 is 28.0 Å². The standard InChI is InChI=1S/C19H19BrO2/c1-13(2)16-12-17(20)14(3)11-18(16)22-19(21)10-9-15-7-5-4-6-8-15/h4-13H,1-3H3/b10-9+. The van der Waals surface area contributed by atoms with E-state index in [0.717, 1.165) is 21.2 Å². The van der Waals surface area contributed by atoms with Crippen LogP contribution in [0.15, 0.2) is 53.0 Å². The van der Waals surface area contributed by atoms with Crippen LogP contribution in [0.25, 0.3) is 6.08 Å². The molecule has 114 valence electrons. The van der Waals surface area contributed by atoms with Crippen molar-refractivity contribution in [2.45, 2.75) is 26.7 Å². The number of hydrogen-bond donors (Lipinski definition) is 0. The lowest BCUT2D eigenvalue weighted by Crippen LogP contribution is -2.07. The van der Waals surface area contributed by atoms with E-state index in [0.29, 0.717) is 5.75 Å². The van der Waals surface area contributed by atoms with Gasteiger partial charge in [0.1, 0.15) is 5.75 Å². The second kappa shape index (κ2) is 7.41. The summed E-state index contributed by atoms with van der Waals surface area (Å²) in [6.07, 6.45) is 3.21. The van der Waals surface area contributed by atoms with Crippen molar-refractivity contribution < 1.29 is 9.53 Å². The number of esters is 1. The number of carbonyl (C=O) groups excluding carboxylic acids is 1. The highest BCUT2D eigenvalue weighted by Gasteiger charge is 2.13. The van der Waals surface area contributed by atoms with Crippen LogP contribution in [0.2, 0.25) is 0 Å². The van der Waals surface area contributed by atoms with E-state index < -0.39 is 0 Å². The van der Waals surface area contributed by atoms with Gasteiger partial charge >= 0.3 is 5.97 Å². The minimum absolute atomic E-state index is 0.276. The molecule has 0 bridgehead atoms. The van der Waals surface area contributed by atoms with Crippen LogP contribution >= 0.6 is 15.9 Å². The van der Waals surface area contributed by atoms with Gasteiger partial charge in [-0.3, -0.25) is 0 Å². The lowest BCUT2D eigenvalue weighted by molar-refractivity contribution is -0.128. The van der Waals surface area contributed by atoms with E-state index in [4.69, 9.17) is 4.74 Å². The fraction of sp³-hybridized carbons (Fsp3) is 0.211. The molecule has 2 aromatic rings. The maximum absolute atomic E-state index is 12.0.